The summed E-state index contributed by atoms with van der Waals surface area (Å²) in [6.07, 6.45) is 7.25. The number of anilines is 2. The van der Waals surface area contributed by atoms with E-state index in [0.717, 1.165) is 30.9 Å². The first-order chi connectivity index (χ1) is 9.53. The fourth-order valence-electron chi connectivity index (χ4n) is 1.96. The minimum absolute atomic E-state index is 0.0430. The molecule has 0 aromatic carbocycles. The molecule has 0 saturated heterocycles. The third-order valence-corrected chi connectivity index (χ3v) is 5.92. The lowest BCUT2D eigenvalue weighted by molar-refractivity contribution is 0.598. The Morgan fingerprint density at radius 1 is 1.15 bits per heavy atom. The Hall–Kier alpha value is -0.820. The van der Waals surface area contributed by atoms with E-state index in [4.69, 9.17) is 5.73 Å². The van der Waals surface area contributed by atoms with Crippen LogP contribution in [0.2, 0.25) is 0 Å². The molecule has 1 rings (SSSR count). The monoisotopic (exact) mass is 319 g/mol. The van der Waals surface area contributed by atoms with Gasteiger partial charge in [0.2, 0.25) is 0 Å². The predicted molar refractivity (Wildman–Crippen MR) is 86.1 cm³/mol. The minimum Gasteiger partial charge on any atom is -0.382 e. The molecule has 1 aromatic rings. The third kappa shape index (κ3) is 4.94. The molecule has 0 radical (unpaired) electrons. The van der Waals surface area contributed by atoms with Crippen molar-refractivity contribution in [2.24, 2.45) is 0 Å². The van der Waals surface area contributed by atoms with Crippen molar-refractivity contribution >= 4 is 32.2 Å². The van der Waals surface area contributed by atoms with Gasteiger partial charge < -0.3 is 11.1 Å². The average molecular weight is 319 g/mol. The molecule has 0 bridgehead atoms. The van der Waals surface area contributed by atoms with Crippen molar-refractivity contribution in [1.29, 1.82) is 0 Å². The Balaban J connectivity index is 2.46. The molecule has 0 unspecified atom stereocenters. The normalized spacial score (nSPS) is 11.7. The molecular weight excluding hydrogens is 294 g/mol. The standard InChI is InChI=1S/C13H25N3O2S2/c1-3-5-6-7-8-9-10-15-13-11(12(14)16-19-13)20(17,18)4-2/h15H,3-10H2,1-2H3,(H2,14,16). The van der Waals surface area contributed by atoms with Crippen molar-refractivity contribution < 1.29 is 8.42 Å². The summed E-state index contributed by atoms with van der Waals surface area (Å²) in [7, 11) is -3.31. The van der Waals surface area contributed by atoms with Gasteiger partial charge in [-0.05, 0) is 18.0 Å². The number of sulfone groups is 1. The molecule has 0 aliphatic rings. The molecule has 0 amide bonds. The third-order valence-electron chi connectivity index (χ3n) is 3.18. The maximum atomic E-state index is 12.0. The lowest BCUT2D eigenvalue weighted by Gasteiger charge is -2.07. The van der Waals surface area contributed by atoms with Gasteiger partial charge in [-0.2, -0.15) is 4.37 Å². The van der Waals surface area contributed by atoms with E-state index in [1.807, 2.05) is 0 Å². The van der Waals surface area contributed by atoms with Crippen LogP contribution in [0.4, 0.5) is 10.8 Å². The van der Waals surface area contributed by atoms with Crippen LogP contribution in [-0.4, -0.2) is 25.1 Å². The van der Waals surface area contributed by atoms with E-state index in [0.29, 0.717) is 5.00 Å². The highest BCUT2D eigenvalue weighted by atomic mass is 32.2. The summed E-state index contributed by atoms with van der Waals surface area (Å²) < 4.78 is 27.9. The van der Waals surface area contributed by atoms with Crippen molar-refractivity contribution in [2.45, 2.75) is 57.3 Å². The first kappa shape index (κ1) is 17.2. The van der Waals surface area contributed by atoms with Crippen LogP contribution in [0.3, 0.4) is 0 Å². The predicted octanol–water partition coefficient (Wildman–Crippen LogP) is 3.29. The molecule has 0 aliphatic carbocycles. The average Bonchev–Trinajstić information content (AvgIpc) is 2.79. The molecule has 0 spiro atoms. The second kappa shape index (κ2) is 8.46. The van der Waals surface area contributed by atoms with Crippen molar-refractivity contribution in [3.63, 3.8) is 0 Å². The lowest BCUT2D eigenvalue weighted by Crippen LogP contribution is -2.09. The van der Waals surface area contributed by atoms with Gasteiger partial charge in [0.05, 0.1) is 5.75 Å². The first-order valence-corrected chi connectivity index (χ1v) is 9.67. The van der Waals surface area contributed by atoms with Gasteiger partial charge in [0.1, 0.15) is 9.90 Å². The second-order valence-electron chi connectivity index (χ2n) is 4.82. The Morgan fingerprint density at radius 3 is 2.45 bits per heavy atom. The summed E-state index contributed by atoms with van der Waals surface area (Å²) in [6, 6.07) is 0. The Kier molecular flexibility index (Phi) is 7.29. The molecule has 0 fully saturated rings. The molecule has 0 atom stereocenters. The Bertz CT molecular complexity index is 498. The molecule has 1 aromatic heterocycles. The minimum atomic E-state index is -3.31. The molecule has 7 heteroatoms. The maximum absolute atomic E-state index is 12.0. The number of rotatable bonds is 10. The van der Waals surface area contributed by atoms with Gasteiger partial charge in [-0.3, -0.25) is 0 Å². The van der Waals surface area contributed by atoms with Crippen LogP contribution in [-0.2, 0) is 9.84 Å². The number of aromatic nitrogens is 1. The molecule has 116 valence electrons. The van der Waals surface area contributed by atoms with E-state index in [9.17, 15) is 8.42 Å². The van der Waals surface area contributed by atoms with Crippen molar-refractivity contribution in [3.8, 4) is 0 Å². The maximum Gasteiger partial charge on any atom is 0.184 e. The lowest BCUT2D eigenvalue weighted by atomic mass is 10.1. The number of nitrogen functional groups attached to an aromatic ring is 1. The highest BCUT2D eigenvalue weighted by Gasteiger charge is 2.23. The first-order valence-electron chi connectivity index (χ1n) is 7.24. The van der Waals surface area contributed by atoms with Gasteiger partial charge in [0.25, 0.3) is 0 Å². The van der Waals surface area contributed by atoms with Crippen molar-refractivity contribution in [1.82, 2.24) is 4.37 Å². The van der Waals surface area contributed by atoms with E-state index in [1.54, 1.807) is 6.92 Å². The summed E-state index contributed by atoms with van der Waals surface area (Å²) >= 11 is 1.13. The van der Waals surface area contributed by atoms with E-state index in [1.165, 1.54) is 25.7 Å². The van der Waals surface area contributed by atoms with E-state index < -0.39 is 9.84 Å². The van der Waals surface area contributed by atoms with Crippen molar-refractivity contribution in [2.75, 3.05) is 23.3 Å². The van der Waals surface area contributed by atoms with Crippen molar-refractivity contribution in [3.05, 3.63) is 0 Å². The van der Waals surface area contributed by atoms with Crippen LogP contribution in [0, 0.1) is 0 Å². The fraction of sp³-hybridized carbons (Fsp3) is 0.769. The highest BCUT2D eigenvalue weighted by Crippen LogP contribution is 2.32. The summed E-state index contributed by atoms with van der Waals surface area (Å²) in [4.78, 5) is 0.177. The number of hydrogen-bond acceptors (Lipinski definition) is 6. The zero-order valence-corrected chi connectivity index (χ0v) is 13.9. The van der Waals surface area contributed by atoms with E-state index in [2.05, 4.69) is 16.6 Å². The quantitative estimate of drug-likeness (QED) is 0.646. The zero-order chi connectivity index (χ0) is 15.0. The molecular formula is C13H25N3O2S2. The van der Waals surface area contributed by atoms with E-state index in [-0.39, 0.29) is 16.5 Å². The number of hydrogen-bond donors (Lipinski definition) is 2. The number of unbranched alkanes of at least 4 members (excludes halogenated alkanes) is 5. The number of nitrogens with one attached hydrogen (secondary N) is 1. The molecule has 3 N–H and O–H groups in total. The van der Waals surface area contributed by atoms with Crippen LogP contribution in [0.1, 0.15) is 52.4 Å². The van der Waals surface area contributed by atoms with Gasteiger partial charge in [-0.25, -0.2) is 8.42 Å². The molecule has 20 heavy (non-hydrogen) atoms. The van der Waals surface area contributed by atoms with Gasteiger partial charge in [0.15, 0.2) is 15.7 Å². The van der Waals surface area contributed by atoms with Crippen LogP contribution >= 0.6 is 11.5 Å². The van der Waals surface area contributed by atoms with Gasteiger partial charge in [-0.1, -0.05) is 46.0 Å². The molecule has 5 nitrogen and oxygen atoms in total. The second-order valence-corrected chi connectivity index (χ2v) is 7.81. The Labute approximate surface area is 126 Å². The number of nitrogens with zero attached hydrogens (tertiary/aromatic N) is 1. The highest BCUT2D eigenvalue weighted by molar-refractivity contribution is 7.91. The van der Waals surface area contributed by atoms with Crippen LogP contribution < -0.4 is 11.1 Å². The Morgan fingerprint density at radius 2 is 1.80 bits per heavy atom. The van der Waals surface area contributed by atoms with Crippen LogP contribution in [0.15, 0.2) is 4.90 Å². The zero-order valence-electron chi connectivity index (χ0n) is 12.3. The smallest absolute Gasteiger partial charge is 0.184 e. The summed E-state index contributed by atoms with van der Waals surface area (Å²) in [5.41, 5.74) is 5.67. The van der Waals surface area contributed by atoms with Crippen LogP contribution in [0.5, 0.6) is 0 Å². The molecule has 0 aliphatic heterocycles. The summed E-state index contributed by atoms with van der Waals surface area (Å²) in [5, 5.41) is 3.74. The summed E-state index contributed by atoms with van der Waals surface area (Å²) in [5.74, 6) is 0.156. The topological polar surface area (TPSA) is 85.1 Å². The number of nitrogens with two attached hydrogens (primary N) is 1. The SMILES string of the molecule is CCCCCCCCNc1snc(N)c1S(=O)(=O)CC. The van der Waals surface area contributed by atoms with Gasteiger partial charge in [-0.15, -0.1) is 0 Å². The van der Waals surface area contributed by atoms with Gasteiger partial charge in [0, 0.05) is 6.54 Å². The molecule has 0 saturated carbocycles. The van der Waals surface area contributed by atoms with Gasteiger partial charge >= 0.3 is 0 Å². The largest absolute Gasteiger partial charge is 0.382 e. The van der Waals surface area contributed by atoms with E-state index >= 15 is 0 Å². The fourth-order valence-corrected chi connectivity index (χ4v) is 4.15. The molecule has 1 heterocycles. The summed E-state index contributed by atoms with van der Waals surface area (Å²) in [6.45, 7) is 4.58. The van der Waals surface area contributed by atoms with Crippen LogP contribution in [0.25, 0.3) is 0 Å².